The largest absolute Gasteiger partial charge is 0.696 e. The van der Waals surface area contributed by atoms with E-state index in [1.165, 1.54) is 23.6 Å². The van der Waals surface area contributed by atoms with Crippen LogP contribution in [0.1, 0.15) is 5.56 Å². The second-order valence-corrected chi connectivity index (χ2v) is 2.66. The highest BCUT2D eigenvalue weighted by atomic mass is 35.5. The van der Waals surface area contributed by atoms with E-state index in [-0.39, 0.29) is 5.02 Å². The van der Waals surface area contributed by atoms with Gasteiger partial charge < -0.3 is 12.6 Å². The molecule has 0 unspecified atom stereocenters. The van der Waals surface area contributed by atoms with E-state index in [2.05, 4.69) is 12.6 Å². The third-order valence-electron chi connectivity index (χ3n) is 1.18. The lowest BCUT2D eigenvalue weighted by Crippen LogP contribution is -2.04. The zero-order valence-corrected chi connectivity index (χ0v) is 8.25. The van der Waals surface area contributed by atoms with Crippen LogP contribution in [0.3, 0.4) is 0 Å². The van der Waals surface area contributed by atoms with E-state index in [1.807, 2.05) is 0 Å². The molecular formula is C8H4ClF3NS-. The highest BCUT2D eigenvalue weighted by Gasteiger charge is 2.32. The maximum atomic E-state index is 12.0. The molecule has 0 aliphatic carbocycles. The van der Waals surface area contributed by atoms with Gasteiger partial charge in [0.25, 0.3) is 0 Å². The summed E-state index contributed by atoms with van der Waals surface area (Å²) in [6, 6.07) is 4.92. The Kier molecular flexibility index (Phi) is 5.28. The highest BCUT2D eigenvalue weighted by Crippen LogP contribution is 2.33. The van der Waals surface area contributed by atoms with Crippen LogP contribution in [-0.4, -0.2) is 0 Å². The monoisotopic (exact) mass is 238 g/mol. The number of nitrogens with zero attached hydrogens (tertiary/aromatic N) is 1. The summed E-state index contributed by atoms with van der Waals surface area (Å²) in [5.41, 5.74) is -0.790. The van der Waals surface area contributed by atoms with Gasteiger partial charge in [0.2, 0.25) is 0 Å². The van der Waals surface area contributed by atoms with Gasteiger partial charge in [0, 0.05) is 0 Å². The quantitative estimate of drug-likeness (QED) is 0.511. The fourth-order valence-corrected chi connectivity index (χ4v) is 0.934. The summed E-state index contributed by atoms with van der Waals surface area (Å²) in [6.45, 7) is 0. The molecule has 1 aromatic carbocycles. The van der Waals surface area contributed by atoms with Crippen molar-refractivity contribution in [2.24, 2.45) is 0 Å². The molecule has 0 aromatic heterocycles. The van der Waals surface area contributed by atoms with Crippen LogP contribution in [0.15, 0.2) is 24.3 Å². The van der Waals surface area contributed by atoms with Crippen LogP contribution in [0.5, 0.6) is 0 Å². The van der Waals surface area contributed by atoms with Crippen molar-refractivity contribution in [2.75, 3.05) is 0 Å². The zero-order valence-electron chi connectivity index (χ0n) is 6.68. The van der Waals surface area contributed by atoms with E-state index in [1.54, 1.807) is 0 Å². The minimum absolute atomic E-state index is 0.264. The Morgan fingerprint density at radius 2 is 1.71 bits per heavy atom. The lowest BCUT2D eigenvalue weighted by Gasteiger charge is -2.06. The van der Waals surface area contributed by atoms with E-state index >= 15 is 0 Å². The number of alkyl halides is 3. The molecule has 0 aliphatic rings. The third-order valence-corrected chi connectivity index (χ3v) is 1.51. The molecular weight excluding hydrogens is 235 g/mol. The fraction of sp³-hybridized carbons (Fsp3) is 0.125. The first kappa shape index (κ1) is 13.0. The zero-order chi connectivity index (χ0) is 11.2. The SMILES string of the molecule is FC(F)(F)c1ccccc1Cl.N#C[S-]. The van der Waals surface area contributed by atoms with Crippen molar-refractivity contribution in [3.8, 4) is 5.40 Å². The maximum absolute atomic E-state index is 12.0. The maximum Gasteiger partial charge on any atom is 0.417 e. The van der Waals surface area contributed by atoms with Crippen LogP contribution in [-0.2, 0) is 18.8 Å². The molecule has 0 bridgehead atoms. The predicted octanol–water partition coefficient (Wildman–Crippen LogP) is 3.37. The smallest absolute Gasteiger partial charge is 0.417 e. The molecule has 0 N–H and O–H groups in total. The van der Waals surface area contributed by atoms with Gasteiger partial charge in [-0.3, -0.25) is 0 Å². The molecule has 14 heavy (non-hydrogen) atoms. The molecule has 76 valence electrons. The van der Waals surface area contributed by atoms with Crippen LogP contribution in [0.25, 0.3) is 0 Å². The number of thiocyanates is 1. The van der Waals surface area contributed by atoms with Crippen LogP contribution < -0.4 is 0 Å². The van der Waals surface area contributed by atoms with Crippen molar-refractivity contribution in [1.29, 1.82) is 5.26 Å². The van der Waals surface area contributed by atoms with Crippen molar-refractivity contribution in [2.45, 2.75) is 6.18 Å². The molecule has 0 saturated heterocycles. The molecule has 0 heterocycles. The van der Waals surface area contributed by atoms with Gasteiger partial charge in [-0.1, -0.05) is 29.1 Å². The molecule has 0 atom stereocenters. The molecule has 0 radical (unpaired) electrons. The Labute approximate surface area is 89.5 Å². The van der Waals surface area contributed by atoms with Gasteiger partial charge in [-0.25, -0.2) is 5.26 Å². The van der Waals surface area contributed by atoms with Crippen LogP contribution in [0.2, 0.25) is 5.02 Å². The second kappa shape index (κ2) is 5.68. The first-order chi connectivity index (χ1) is 6.43. The van der Waals surface area contributed by atoms with Crippen molar-refractivity contribution >= 4 is 24.2 Å². The van der Waals surface area contributed by atoms with Gasteiger partial charge in [0.1, 0.15) is 0 Å². The second-order valence-electron chi connectivity index (χ2n) is 2.07. The number of hydrogen-bond acceptors (Lipinski definition) is 2. The van der Waals surface area contributed by atoms with E-state index < -0.39 is 11.7 Å². The minimum Gasteiger partial charge on any atom is -0.696 e. The number of hydrogen-bond donors (Lipinski definition) is 0. The first-order valence-corrected chi connectivity index (χ1v) is 4.05. The van der Waals surface area contributed by atoms with Gasteiger partial charge in [0.05, 0.1) is 10.6 Å². The Hall–Kier alpha value is -0.990. The topological polar surface area (TPSA) is 23.8 Å². The van der Waals surface area contributed by atoms with Crippen LogP contribution in [0, 0.1) is 10.7 Å². The normalized spacial score (nSPS) is 9.64. The van der Waals surface area contributed by atoms with Gasteiger partial charge in [0.15, 0.2) is 0 Å². The average molecular weight is 239 g/mol. The Balaban J connectivity index is 0.000000500. The number of benzene rings is 1. The van der Waals surface area contributed by atoms with E-state index in [4.69, 9.17) is 16.9 Å². The predicted molar refractivity (Wildman–Crippen MR) is 49.4 cm³/mol. The van der Waals surface area contributed by atoms with E-state index in [0.717, 1.165) is 6.07 Å². The molecule has 6 heteroatoms. The lowest BCUT2D eigenvalue weighted by atomic mass is 10.2. The first-order valence-electron chi connectivity index (χ1n) is 3.26. The Bertz CT molecular complexity index is 332. The Morgan fingerprint density at radius 3 is 2.00 bits per heavy atom. The van der Waals surface area contributed by atoms with Gasteiger partial charge in [-0.15, -0.1) is 0 Å². The molecule has 1 aromatic rings. The van der Waals surface area contributed by atoms with Crippen molar-refractivity contribution < 1.29 is 13.2 Å². The molecule has 1 rings (SSSR count). The summed E-state index contributed by atoms with van der Waals surface area (Å²) in [5, 5.41) is 8.20. The summed E-state index contributed by atoms with van der Waals surface area (Å²) in [5.74, 6) is 0. The van der Waals surface area contributed by atoms with Gasteiger partial charge >= 0.3 is 6.18 Å². The summed E-state index contributed by atoms with van der Waals surface area (Å²) in [4.78, 5) is 0. The number of nitriles is 1. The van der Waals surface area contributed by atoms with Gasteiger partial charge in [-0.2, -0.15) is 13.2 Å². The van der Waals surface area contributed by atoms with E-state index in [0.29, 0.717) is 0 Å². The molecule has 0 amide bonds. The number of rotatable bonds is 0. The summed E-state index contributed by atoms with van der Waals surface area (Å²) >= 11 is 8.99. The van der Waals surface area contributed by atoms with Crippen molar-refractivity contribution in [1.82, 2.24) is 0 Å². The molecule has 0 aliphatic heterocycles. The van der Waals surface area contributed by atoms with Crippen LogP contribution in [0.4, 0.5) is 13.2 Å². The minimum atomic E-state index is -4.35. The molecule has 0 spiro atoms. The van der Waals surface area contributed by atoms with Crippen LogP contribution >= 0.6 is 11.6 Å². The van der Waals surface area contributed by atoms with Gasteiger partial charge in [-0.05, 0) is 12.1 Å². The van der Waals surface area contributed by atoms with Crippen molar-refractivity contribution in [3.63, 3.8) is 0 Å². The summed E-state index contributed by atoms with van der Waals surface area (Å²) < 4.78 is 35.9. The lowest BCUT2D eigenvalue weighted by molar-refractivity contribution is -0.137. The van der Waals surface area contributed by atoms with E-state index in [9.17, 15) is 13.2 Å². The summed E-state index contributed by atoms with van der Waals surface area (Å²) in [6.07, 6.45) is -4.35. The third kappa shape index (κ3) is 4.30. The average Bonchev–Trinajstić information content (AvgIpc) is 2.04. The fourth-order valence-electron chi connectivity index (χ4n) is 0.691. The molecule has 1 nitrogen and oxygen atoms in total. The Morgan fingerprint density at radius 1 is 1.29 bits per heavy atom. The standard InChI is InChI=1S/C7H4ClF3.CHNS/c8-6-4-2-1-3-5(6)7(9,10)11;2-1-3/h1-4H;3H/p-1. The molecule has 0 saturated carbocycles. The summed E-state index contributed by atoms with van der Waals surface area (Å²) in [7, 11) is 0. The highest BCUT2D eigenvalue weighted by molar-refractivity contribution is 7.64. The van der Waals surface area contributed by atoms with Crippen molar-refractivity contribution in [3.05, 3.63) is 34.9 Å². The molecule has 0 fully saturated rings. The number of halogens is 4.